The van der Waals surface area contributed by atoms with E-state index in [4.69, 9.17) is 28.9 Å². The van der Waals surface area contributed by atoms with Gasteiger partial charge in [0.15, 0.2) is 0 Å². The molecule has 0 spiro atoms. The molecule has 5 nitrogen and oxygen atoms in total. The van der Waals surface area contributed by atoms with Crippen LogP contribution in [0.1, 0.15) is 24.6 Å². The van der Waals surface area contributed by atoms with Gasteiger partial charge in [0.05, 0.1) is 27.6 Å². The lowest BCUT2D eigenvalue weighted by Gasteiger charge is -2.30. The number of nitrogens with two attached hydrogens (primary N) is 1. The Labute approximate surface area is 132 Å². The monoisotopic (exact) mass is 326 g/mol. The summed E-state index contributed by atoms with van der Waals surface area (Å²) in [7, 11) is 0. The number of H-pyrrole nitrogens is 1. The Morgan fingerprint density at radius 3 is 2.67 bits per heavy atom. The molecule has 3 N–H and O–H groups in total. The van der Waals surface area contributed by atoms with Gasteiger partial charge in [-0.15, -0.1) is 0 Å². The van der Waals surface area contributed by atoms with Crippen molar-refractivity contribution in [3.63, 3.8) is 0 Å². The topological polar surface area (TPSA) is 75.0 Å². The van der Waals surface area contributed by atoms with Crippen LogP contribution in [0.2, 0.25) is 10.0 Å². The highest BCUT2D eigenvalue weighted by molar-refractivity contribution is 6.42. The molecule has 0 atom stereocenters. The molecular weight excluding hydrogens is 311 g/mol. The molecule has 1 aliphatic rings. The lowest BCUT2D eigenvalue weighted by atomic mass is 9.96. The molecule has 1 aromatic carbocycles. The van der Waals surface area contributed by atoms with Crippen LogP contribution >= 0.6 is 23.2 Å². The summed E-state index contributed by atoms with van der Waals surface area (Å²) in [5.74, 6) is 1.26. The number of hydrogen-bond donors (Lipinski definition) is 2. The van der Waals surface area contributed by atoms with Gasteiger partial charge in [0, 0.05) is 19.0 Å². The van der Waals surface area contributed by atoms with Crippen molar-refractivity contribution in [2.75, 3.05) is 19.6 Å². The Hall–Kier alpha value is -1.30. The highest BCUT2D eigenvalue weighted by Gasteiger charge is 2.25. The third-order valence-electron chi connectivity index (χ3n) is 3.95. The maximum absolute atomic E-state index is 11.6. The van der Waals surface area contributed by atoms with Crippen LogP contribution < -0.4 is 5.73 Å². The van der Waals surface area contributed by atoms with Gasteiger partial charge in [-0.2, -0.15) is 0 Å². The van der Waals surface area contributed by atoms with Gasteiger partial charge in [0.1, 0.15) is 5.82 Å². The first-order valence-corrected chi connectivity index (χ1v) is 7.66. The van der Waals surface area contributed by atoms with Gasteiger partial charge in [0.25, 0.3) is 0 Å². The summed E-state index contributed by atoms with van der Waals surface area (Å²) in [6.45, 7) is 1.52. The Morgan fingerprint density at radius 1 is 1.33 bits per heavy atom. The fourth-order valence-electron chi connectivity index (χ4n) is 2.75. The second kappa shape index (κ2) is 5.83. The number of nitrogens with zero attached hydrogens (tertiary/aromatic N) is 2. The summed E-state index contributed by atoms with van der Waals surface area (Å²) in [6, 6.07) is 3.56. The van der Waals surface area contributed by atoms with E-state index in [2.05, 4.69) is 9.97 Å². The molecule has 2 heterocycles. The zero-order valence-corrected chi connectivity index (χ0v) is 12.9. The number of carbonyl (C=O) groups is 1. The Morgan fingerprint density at radius 2 is 2.00 bits per heavy atom. The van der Waals surface area contributed by atoms with E-state index in [0.29, 0.717) is 16.0 Å². The van der Waals surface area contributed by atoms with Gasteiger partial charge in [-0.25, -0.2) is 4.98 Å². The van der Waals surface area contributed by atoms with E-state index < -0.39 is 0 Å². The van der Waals surface area contributed by atoms with E-state index in [1.807, 2.05) is 4.90 Å². The van der Waals surface area contributed by atoms with Crippen LogP contribution in [0.15, 0.2) is 12.1 Å². The molecule has 1 aromatic heterocycles. The molecule has 3 rings (SSSR count). The highest BCUT2D eigenvalue weighted by atomic mass is 35.5. The fourth-order valence-corrected chi connectivity index (χ4v) is 3.07. The van der Waals surface area contributed by atoms with Crippen molar-refractivity contribution in [3.05, 3.63) is 28.0 Å². The summed E-state index contributed by atoms with van der Waals surface area (Å²) in [4.78, 5) is 21.3. The lowest BCUT2D eigenvalue weighted by molar-refractivity contribution is -0.130. The van der Waals surface area contributed by atoms with Gasteiger partial charge in [-0.05, 0) is 25.0 Å². The Balaban J connectivity index is 1.78. The predicted molar refractivity (Wildman–Crippen MR) is 83.7 cm³/mol. The zero-order valence-electron chi connectivity index (χ0n) is 11.4. The highest BCUT2D eigenvalue weighted by Crippen LogP contribution is 2.31. The number of aromatic amines is 1. The number of halogens is 2. The number of nitrogens with one attached hydrogen (secondary N) is 1. The maximum atomic E-state index is 11.6. The molecule has 0 bridgehead atoms. The Kier molecular flexibility index (Phi) is 4.06. The van der Waals surface area contributed by atoms with E-state index in [9.17, 15) is 4.79 Å². The second-order valence-corrected chi connectivity index (χ2v) is 6.08. The molecule has 112 valence electrons. The van der Waals surface area contributed by atoms with Crippen molar-refractivity contribution in [3.8, 4) is 0 Å². The molecule has 0 saturated carbocycles. The fraction of sp³-hybridized carbons (Fsp3) is 0.429. The summed E-state index contributed by atoms with van der Waals surface area (Å²) >= 11 is 12.0. The zero-order chi connectivity index (χ0) is 15.0. The number of likely N-dealkylation sites (tertiary alicyclic amines) is 1. The van der Waals surface area contributed by atoms with E-state index in [0.717, 1.165) is 42.8 Å². The minimum absolute atomic E-state index is 0.0108. The molecule has 1 amide bonds. The van der Waals surface area contributed by atoms with Crippen molar-refractivity contribution in [2.24, 2.45) is 5.73 Å². The lowest BCUT2D eigenvalue weighted by Crippen LogP contribution is -2.41. The summed E-state index contributed by atoms with van der Waals surface area (Å²) in [5, 5.41) is 1.02. The molecule has 1 fully saturated rings. The van der Waals surface area contributed by atoms with E-state index in [1.54, 1.807) is 12.1 Å². The summed E-state index contributed by atoms with van der Waals surface area (Å²) < 4.78 is 0. The first-order chi connectivity index (χ1) is 10.1. The molecule has 1 saturated heterocycles. The maximum Gasteiger partial charge on any atom is 0.236 e. The predicted octanol–water partition coefficient (Wildman–Crippen LogP) is 2.53. The molecule has 2 aromatic rings. The van der Waals surface area contributed by atoms with Gasteiger partial charge in [0.2, 0.25) is 5.91 Å². The average molecular weight is 327 g/mol. The SMILES string of the molecule is NCC(=O)N1CCC(c2nc3cc(Cl)c(Cl)cc3[nH]2)CC1. The molecule has 0 radical (unpaired) electrons. The Bertz CT molecular complexity index is 638. The van der Waals surface area contributed by atoms with E-state index in [-0.39, 0.29) is 12.5 Å². The van der Waals surface area contributed by atoms with Crippen molar-refractivity contribution in [2.45, 2.75) is 18.8 Å². The number of benzene rings is 1. The van der Waals surface area contributed by atoms with Crippen LogP contribution in [-0.4, -0.2) is 40.4 Å². The van der Waals surface area contributed by atoms with Crippen molar-refractivity contribution >= 4 is 40.1 Å². The molecule has 0 aliphatic carbocycles. The standard InChI is InChI=1S/C14H16Cl2N4O/c15-9-5-11-12(6-10(9)16)19-14(18-11)8-1-3-20(4-2-8)13(21)7-17/h5-6,8H,1-4,7,17H2,(H,18,19). The van der Waals surface area contributed by atoms with E-state index in [1.165, 1.54) is 0 Å². The van der Waals surface area contributed by atoms with Crippen LogP contribution in [0.25, 0.3) is 11.0 Å². The quantitative estimate of drug-likeness (QED) is 0.890. The van der Waals surface area contributed by atoms with Crippen LogP contribution in [0, 0.1) is 0 Å². The number of carbonyl (C=O) groups excluding carboxylic acids is 1. The van der Waals surface area contributed by atoms with Gasteiger partial charge in [-0.1, -0.05) is 23.2 Å². The van der Waals surface area contributed by atoms with Crippen molar-refractivity contribution in [1.29, 1.82) is 0 Å². The van der Waals surface area contributed by atoms with Crippen molar-refractivity contribution < 1.29 is 4.79 Å². The molecule has 21 heavy (non-hydrogen) atoms. The van der Waals surface area contributed by atoms with Gasteiger partial charge >= 0.3 is 0 Å². The normalized spacial score (nSPS) is 16.6. The van der Waals surface area contributed by atoms with Crippen molar-refractivity contribution in [1.82, 2.24) is 14.9 Å². The molecule has 7 heteroatoms. The number of fused-ring (bicyclic) bond motifs is 1. The minimum atomic E-state index is 0.0108. The average Bonchev–Trinajstić information content (AvgIpc) is 2.90. The number of imidazole rings is 1. The summed E-state index contributed by atoms with van der Waals surface area (Å²) in [5.41, 5.74) is 7.10. The minimum Gasteiger partial charge on any atom is -0.342 e. The third-order valence-corrected chi connectivity index (χ3v) is 4.67. The van der Waals surface area contributed by atoms with Crippen LogP contribution in [0.3, 0.4) is 0 Å². The second-order valence-electron chi connectivity index (χ2n) is 5.26. The van der Waals surface area contributed by atoms with E-state index >= 15 is 0 Å². The smallest absolute Gasteiger partial charge is 0.236 e. The number of amides is 1. The van der Waals surface area contributed by atoms with Gasteiger partial charge in [-0.3, -0.25) is 4.79 Å². The largest absolute Gasteiger partial charge is 0.342 e. The first-order valence-electron chi connectivity index (χ1n) is 6.91. The molecule has 1 aliphatic heterocycles. The number of rotatable bonds is 2. The number of hydrogen-bond acceptors (Lipinski definition) is 3. The number of piperidine rings is 1. The van der Waals surface area contributed by atoms with Crippen LogP contribution in [-0.2, 0) is 4.79 Å². The molecular formula is C14H16Cl2N4O. The number of aromatic nitrogens is 2. The van der Waals surface area contributed by atoms with Gasteiger partial charge < -0.3 is 15.6 Å². The summed E-state index contributed by atoms with van der Waals surface area (Å²) in [6.07, 6.45) is 1.76. The van der Waals surface area contributed by atoms with Crippen LogP contribution in [0.4, 0.5) is 0 Å². The first kappa shape index (κ1) is 14.6. The molecule has 0 unspecified atom stereocenters. The van der Waals surface area contributed by atoms with Crippen LogP contribution in [0.5, 0.6) is 0 Å². The third kappa shape index (κ3) is 2.86.